The Hall–Kier alpha value is -2.13. The van der Waals surface area contributed by atoms with Crippen LogP contribution in [0, 0.1) is 12.3 Å². The largest absolute Gasteiger partial charge is 0.435 e. The first-order valence-corrected chi connectivity index (χ1v) is 7.13. The Morgan fingerprint density at radius 2 is 2.14 bits per heavy atom. The van der Waals surface area contributed by atoms with Gasteiger partial charge in [0, 0.05) is 5.69 Å². The number of hydrogen-bond acceptors (Lipinski definition) is 3. The van der Waals surface area contributed by atoms with Gasteiger partial charge in [0.2, 0.25) is 5.91 Å². The molecule has 118 valence electrons. The number of benzene rings is 1. The second-order valence-corrected chi connectivity index (χ2v) is 5.08. The Morgan fingerprint density at radius 3 is 2.77 bits per heavy atom. The maximum Gasteiger partial charge on any atom is 0.387 e. The smallest absolute Gasteiger partial charge is 0.387 e. The molecule has 1 aromatic rings. The number of terminal acetylenes is 1. The first-order valence-electron chi connectivity index (χ1n) is 7.13. The second-order valence-electron chi connectivity index (χ2n) is 5.08. The molecule has 0 bridgehead atoms. The third-order valence-corrected chi connectivity index (χ3v) is 3.56. The number of nitrogens with one attached hydrogen (secondary N) is 1. The van der Waals surface area contributed by atoms with Gasteiger partial charge in [0.25, 0.3) is 0 Å². The van der Waals surface area contributed by atoms with E-state index in [-0.39, 0.29) is 17.7 Å². The molecule has 0 spiro atoms. The lowest BCUT2D eigenvalue weighted by Gasteiger charge is -2.33. The summed E-state index contributed by atoms with van der Waals surface area (Å²) in [6.07, 6.45) is 8.12. The second kappa shape index (κ2) is 7.76. The first kappa shape index (κ1) is 16.2. The summed E-state index contributed by atoms with van der Waals surface area (Å²) in [6.45, 7) is -1.61. The predicted molar refractivity (Wildman–Crippen MR) is 79.7 cm³/mol. The number of alkyl halides is 2. The van der Waals surface area contributed by atoms with Gasteiger partial charge in [0.1, 0.15) is 5.75 Å². The van der Waals surface area contributed by atoms with E-state index in [1.54, 1.807) is 0 Å². The number of piperidine rings is 1. The zero-order valence-corrected chi connectivity index (χ0v) is 12.1. The summed E-state index contributed by atoms with van der Waals surface area (Å²) < 4.78 is 28.4. The lowest BCUT2D eigenvalue weighted by molar-refractivity contribution is -0.122. The van der Waals surface area contributed by atoms with Crippen molar-refractivity contribution < 1.29 is 18.3 Å². The van der Waals surface area contributed by atoms with E-state index >= 15 is 0 Å². The van der Waals surface area contributed by atoms with Crippen LogP contribution in [0.1, 0.15) is 19.3 Å². The molecule has 1 aliphatic rings. The van der Waals surface area contributed by atoms with Gasteiger partial charge >= 0.3 is 6.61 Å². The van der Waals surface area contributed by atoms with E-state index in [4.69, 9.17) is 6.42 Å². The Labute approximate surface area is 128 Å². The highest BCUT2D eigenvalue weighted by Crippen LogP contribution is 2.21. The van der Waals surface area contributed by atoms with Crippen LogP contribution in [-0.2, 0) is 4.79 Å². The Balaban J connectivity index is 1.97. The monoisotopic (exact) mass is 308 g/mol. The van der Waals surface area contributed by atoms with Gasteiger partial charge in [-0.05, 0) is 43.7 Å². The fourth-order valence-corrected chi connectivity index (χ4v) is 2.54. The van der Waals surface area contributed by atoms with Crippen LogP contribution in [0.5, 0.6) is 5.75 Å². The number of ether oxygens (including phenoxy) is 1. The number of amides is 1. The summed E-state index contributed by atoms with van der Waals surface area (Å²) in [7, 11) is 0. The molecular formula is C16H18F2N2O2. The molecule has 0 aromatic heterocycles. The topological polar surface area (TPSA) is 41.6 Å². The highest BCUT2D eigenvalue weighted by atomic mass is 19.3. The van der Waals surface area contributed by atoms with Gasteiger partial charge < -0.3 is 10.1 Å². The molecule has 1 N–H and O–H groups in total. The van der Waals surface area contributed by atoms with Crippen molar-refractivity contribution in [2.24, 2.45) is 0 Å². The van der Waals surface area contributed by atoms with E-state index in [9.17, 15) is 13.6 Å². The van der Waals surface area contributed by atoms with Crippen molar-refractivity contribution in [2.75, 3.05) is 18.4 Å². The molecule has 6 heteroatoms. The van der Waals surface area contributed by atoms with E-state index in [2.05, 4.69) is 16.0 Å². The normalized spacial score (nSPS) is 18.7. The molecule has 1 saturated heterocycles. The molecule has 4 nitrogen and oxygen atoms in total. The summed E-state index contributed by atoms with van der Waals surface area (Å²) >= 11 is 0. The van der Waals surface area contributed by atoms with E-state index in [1.807, 2.05) is 4.90 Å². The third kappa shape index (κ3) is 4.43. The first-order chi connectivity index (χ1) is 10.6. The average molecular weight is 308 g/mol. The molecule has 1 atom stereocenters. The van der Waals surface area contributed by atoms with Crippen molar-refractivity contribution in [1.29, 1.82) is 0 Å². The number of carbonyl (C=O) groups excluding carboxylic acids is 1. The van der Waals surface area contributed by atoms with Gasteiger partial charge in [-0.1, -0.05) is 12.3 Å². The zero-order chi connectivity index (χ0) is 15.9. The van der Waals surface area contributed by atoms with Crippen LogP contribution in [0.2, 0.25) is 0 Å². The van der Waals surface area contributed by atoms with Crippen molar-refractivity contribution in [3.63, 3.8) is 0 Å². The van der Waals surface area contributed by atoms with E-state index in [0.717, 1.165) is 25.8 Å². The van der Waals surface area contributed by atoms with E-state index in [1.165, 1.54) is 24.3 Å². The van der Waals surface area contributed by atoms with Crippen molar-refractivity contribution in [3.8, 4) is 18.1 Å². The molecule has 0 unspecified atom stereocenters. The zero-order valence-electron chi connectivity index (χ0n) is 12.1. The fourth-order valence-electron chi connectivity index (χ4n) is 2.54. The van der Waals surface area contributed by atoms with Crippen LogP contribution in [0.25, 0.3) is 0 Å². The molecule has 0 saturated carbocycles. The Bertz CT molecular complexity index is 540. The molecule has 2 rings (SSSR count). The van der Waals surface area contributed by atoms with Gasteiger partial charge in [0.05, 0.1) is 12.6 Å². The summed E-state index contributed by atoms with van der Waals surface area (Å²) in [5.74, 6) is 2.50. The summed E-state index contributed by atoms with van der Waals surface area (Å²) in [5.41, 5.74) is 0.540. The summed E-state index contributed by atoms with van der Waals surface area (Å²) in [4.78, 5) is 14.3. The van der Waals surface area contributed by atoms with E-state index < -0.39 is 6.61 Å². The molecule has 0 aliphatic carbocycles. The third-order valence-electron chi connectivity index (χ3n) is 3.56. The molecule has 1 fully saturated rings. The highest BCUT2D eigenvalue weighted by Gasteiger charge is 2.27. The van der Waals surface area contributed by atoms with Crippen LogP contribution in [0.15, 0.2) is 24.3 Å². The summed E-state index contributed by atoms with van der Waals surface area (Å²) in [5, 5.41) is 2.79. The number of anilines is 1. The highest BCUT2D eigenvalue weighted by molar-refractivity contribution is 5.94. The van der Waals surface area contributed by atoms with Crippen LogP contribution < -0.4 is 10.1 Å². The molecule has 1 heterocycles. The minimum Gasteiger partial charge on any atom is -0.435 e. The number of hydrogen-bond donors (Lipinski definition) is 1. The molecule has 22 heavy (non-hydrogen) atoms. The Kier molecular flexibility index (Phi) is 5.73. The summed E-state index contributed by atoms with van der Waals surface area (Å²) in [6, 6.07) is 5.60. The molecule has 1 aliphatic heterocycles. The predicted octanol–water partition coefficient (Wildman–Crippen LogP) is 2.71. The standard InChI is InChI=1S/C16H18F2N2O2/c1-2-10-20-11-4-3-5-14(20)15(21)19-12-6-8-13(9-7-12)22-16(17)18/h1,6-9,14,16H,3-5,10-11H2,(H,19,21)/t14-/m0/s1. The lowest BCUT2D eigenvalue weighted by Crippen LogP contribution is -2.47. The number of nitrogens with zero attached hydrogens (tertiary/aromatic N) is 1. The van der Waals surface area contributed by atoms with Crippen molar-refractivity contribution >= 4 is 11.6 Å². The van der Waals surface area contributed by atoms with Crippen LogP contribution in [0.4, 0.5) is 14.5 Å². The van der Waals surface area contributed by atoms with E-state index in [0.29, 0.717) is 12.2 Å². The fraction of sp³-hybridized carbons (Fsp3) is 0.438. The minimum absolute atomic E-state index is 0.0552. The lowest BCUT2D eigenvalue weighted by atomic mass is 10.0. The van der Waals surface area contributed by atoms with Crippen molar-refractivity contribution in [1.82, 2.24) is 4.90 Å². The van der Waals surface area contributed by atoms with Crippen LogP contribution >= 0.6 is 0 Å². The maximum atomic E-state index is 12.3. The van der Waals surface area contributed by atoms with Gasteiger partial charge in [0.15, 0.2) is 0 Å². The quantitative estimate of drug-likeness (QED) is 0.850. The Morgan fingerprint density at radius 1 is 1.41 bits per heavy atom. The van der Waals surface area contributed by atoms with Crippen molar-refractivity contribution in [2.45, 2.75) is 31.9 Å². The average Bonchev–Trinajstić information content (AvgIpc) is 2.49. The molecule has 1 amide bonds. The number of carbonyl (C=O) groups is 1. The molecule has 1 aromatic carbocycles. The SMILES string of the molecule is C#CCN1CCCC[C@H]1C(=O)Nc1ccc(OC(F)F)cc1. The molecular weight excluding hydrogens is 290 g/mol. The number of halogens is 2. The number of rotatable bonds is 5. The van der Waals surface area contributed by atoms with Gasteiger partial charge in [-0.25, -0.2) is 0 Å². The maximum absolute atomic E-state index is 12.3. The van der Waals surface area contributed by atoms with Crippen molar-refractivity contribution in [3.05, 3.63) is 24.3 Å². The number of likely N-dealkylation sites (tertiary alicyclic amines) is 1. The van der Waals surface area contributed by atoms with Gasteiger partial charge in [-0.3, -0.25) is 9.69 Å². The van der Waals surface area contributed by atoms with Crippen LogP contribution in [0.3, 0.4) is 0 Å². The molecule has 0 radical (unpaired) electrons. The van der Waals surface area contributed by atoms with Crippen LogP contribution in [-0.4, -0.2) is 36.5 Å². The minimum atomic E-state index is -2.86. The van der Waals surface area contributed by atoms with Gasteiger partial charge in [-0.15, -0.1) is 6.42 Å². The van der Waals surface area contributed by atoms with Gasteiger partial charge in [-0.2, -0.15) is 8.78 Å².